The van der Waals surface area contributed by atoms with Crippen LogP contribution in [0, 0.1) is 0 Å². The highest BCUT2D eigenvalue weighted by Gasteiger charge is 2.02. The molecule has 0 heterocycles. The molecule has 0 aromatic heterocycles. The number of unbranched alkanes of at least 4 members (excludes halogenated alkanes) is 23. The highest BCUT2D eigenvalue weighted by Crippen LogP contribution is 2.15. The quantitative estimate of drug-likeness (QED) is 0.0589. The maximum absolute atomic E-state index is 11.7. The predicted molar refractivity (Wildman–Crippen MR) is 156 cm³/mol. The zero-order valence-electron chi connectivity index (χ0n) is 24.3. The van der Waals surface area contributed by atoms with Gasteiger partial charge in [-0.1, -0.05) is 174 Å². The molecule has 35 heavy (non-hydrogen) atoms. The average Bonchev–Trinajstić information content (AvgIpc) is 2.86. The lowest BCUT2D eigenvalue weighted by molar-refractivity contribution is -0.143. The van der Waals surface area contributed by atoms with Crippen LogP contribution < -0.4 is 0 Å². The van der Waals surface area contributed by atoms with Crippen LogP contribution in [0.4, 0.5) is 0 Å². The van der Waals surface area contributed by atoms with E-state index in [1.807, 2.05) is 0 Å². The van der Waals surface area contributed by atoms with E-state index in [1.54, 1.807) is 0 Å². The predicted octanol–water partition coefficient (Wildman–Crippen LogP) is 11.7. The van der Waals surface area contributed by atoms with Gasteiger partial charge in [0.05, 0.1) is 6.61 Å². The second kappa shape index (κ2) is 31.2. The topological polar surface area (TPSA) is 26.3 Å². The minimum atomic E-state index is -0.0163. The van der Waals surface area contributed by atoms with Crippen molar-refractivity contribution >= 4 is 5.97 Å². The lowest BCUT2D eigenvalue weighted by Crippen LogP contribution is -2.04. The van der Waals surface area contributed by atoms with E-state index in [0.29, 0.717) is 13.0 Å². The van der Waals surface area contributed by atoms with Crippen molar-refractivity contribution < 1.29 is 9.53 Å². The molecule has 2 nitrogen and oxygen atoms in total. The van der Waals surface area contributed by atoms with Crippen molar-refractivity contribution in [2.75, 3.05) is 6.61 Å². The fourth-order valence-corrected chi connectivity index (χ4v) is 4.77. The summed E-state index contributed by atoms with van der Waals surface area (Å²) in [6.07, 6.45) is 40.2. The summed E-state index contributed by atoms with van der Waals surface area (Å²) in [5.74, 6) is -0.0163. The van der Waals surface area contributed by atoms with E-state index in [-0.39, 0.29) is 5.97 Å². The van der Waals surface area contributed by atoms with Gasteiger partial charge in [-0.05, 0) is 19.3 Å². The number of hydrogen-bond donors (Lipinski definition) is 0. The van der Waals surface area contributed by atoms with Crippen molar-refractivity contribution in [3.05, 3.63) is 12.2 Å². The molecule has 0 bridgehead atoms. The molecule has 0 aromatic carbocycles. The van der Waals surface area contributed by atoms with Crippen molar-refractivity contribution in [1.82, 2.24) is 0 Å². The van der Waals surface area contributed by atoms with Gasteiger partial charge in [0.2, 0.25) is 0 Å². The van der Waals surface area contributed by atoms with Crippen LogP contribution in [0.25, 0.3) is 0 Å². The summed E-state index contributed by atoms with van der Waals surface area (Å²) >= 11 is 0. The molecule has 0 fully saturated rings. The van der Waals surface area contributed by atoms with Crippen molar-refractivity contribution in [2.45, 2.75) is 187 Å². The Bertz CT molecular complexity index is 429. The number of hydrogen-bond acceptors (Lipinski definition) is 2. The Kier molecular flexibility index (Phi) is 30.5. The molecule has 0 aromatic rings. The highest BCUT2D eigenvalue weighted by molar-refractivity contribution is 5.69. The summed E-state index contributed by atoms with van der Waals surface area (Å²) < 4.78 is 5.28. The van der Waals surface area contributed by atoms with Crippen molar-refractivity contribution in [2.24, 2.45) is 0 Å². The normalized spacial score (nSPS) is 11.5. The molecule has 0 atom stereocenters. The Labute approximate surface area is 221 Å². The van der Waals surface area contributed by atoms with Crippen LogP contribution >= 0.6 is 0 Å². The van der Waals surface area contributed by atoms with Gasteiger partial charge in [0, 0.05) is 6.42 Å². The van der Waals surface area contributed by atoms with Gasteiger partial charge in [-0.25, -0.2) is 0 Å². The van der Waals surface area contributed by atoms with E-state index in [9.17, 15) is 4.79 Å². The first-order chi connectivity index (χ1) is 17.3. The van der Waals surface area contributed by atoms with Crippen LogP contribution in [0.3, 0.4) is 0 Å². The Morgan fingerprint density at radius 1 is 0.457 bits per heavy atom. The number of ether oxygens (including phenoxy) is 1. The van der Waals surface area contributed by atoms with Crippen LogP contribution in [0.2, 0.25) is 0 Å². The molecule has 0 amide bonds. The average molecular weight is 493 g/mol. The maximum Gasteiger partial charge on any atom is 0.305 e. The zero-order chi connectivity index (χ0) is 25.5. The molecule has 0 unspecified atom stereocenters. The Morgan fingerprint density at radius 2 is 0.800 bits per heavy atom. The van der Waals surface area contributed by atoms with Crippen LogP contribution in [0.1, 0.15) is 187 Å². The Morgan fingerprint density at radius 3 is 1.17 bits per heavy atom. The van der Waals surface area contributed by atoms with E-state index < -0.39 is 0 Å². The van der Waals surface area contributed by atoms with Crippen molar-refractivity contribution in [1.29, 1.82) is 0 Å². The fraction of sp³-hybridized carbons (Fsp3) is 0.909. The van der Waals surface area contributed by atoms with Gasteiger partial charge in [0.25, 0.3) is 0 Å². The van der Waals surface area contributed by atoms with Gasteiger partial charge < -0.3 is 4.74 Å². The summed E-state index contributed by atoms with van der Waals surface area (Å²) in [7, 11) is 0. The van der Waals surface area contributed by atoms with Crippen molar-refractivity contribution in [3.63, 3.8) is 0 Å². The molecule has 0 saturated heterocycles. The number of rotatable bonds is 29. The first-order valence-electron chi connectivity index (χ1n) is 16.1. The molecule has 0 aliphatic carbocycles. The summed E-state index contributed by atoms with van der Waals surface area (Å²) in [6.45, 7) is 5.01. The van der Waals surface area contributed by atoms with Gasteiger partial charge in [0.1, 0.15) is 0 Å². The second-order valence-corrected chi connectivity index (χ2v) is 10.8. The fourth-order valence-electron chi connectivity index (χ4n) is 4.77. The maximum atomic E-state index is 11.7. The van der Waals surface area contributed by atoms with E-state index in [0.717, 1.165) is 19.3 Å². The zero-order valence-corrected chi connectivity index (χ0v) is 24.3. The summed E-state index contributed by atoms with van der Waals surface area (Å²) in [5, 5.41) is 0. The van der Waals surface area contributed by atoms with Gasteiger partial charge in [-0.2, -0.15) is 0 Å². The Balaban J connectivity index is 3.11. The molecule has 0 saturated carbocycles. The van der Waals surface area contributed by atoms with Gasteiger partial charge >= 0.3 is 5.97 Å². The minimum absolute atomic E-state index is 0.0163. The molecule has 0 aliphatic rings. The Hall–Kier alpha value is -0.790. The molecule has 0 spiro atoms. The van der Waals surface area contributed by atoms with E-state index in [1.165, 1.54) is 148 Å². The highest BCUT2D eigenvalue weighted by atomic mass is 16.5. The smallest absolute Gasteiger partial charge is 0.305 e. The molecule has 2 heteroatoms. The molecule has 0 radical (unpaired) electrons. The van der Waals surface area contributed by atoms with E-state index >= 15 is 0 Å². The van der Waals surface area contributed by atoms with Crippen LogP contribution in [0.5, 0.6) is 0 Å². The van der Waals surface area contributed by atoms with Crippen LogP contribution in [-0.4, -0.2) is 12.6 Å². The third-order valence-electron chi connectivity index (χ3n) is 7.15. The summed E-state index contributed by atoms with van der Waals surface area (Å²) in [6, 6.07) is 0. The van der Waals surface area contributed by atoms with Crippen molar-refractivity contribution in [3.8, 4) is 0 Å². The lowest BCUT2D eigenvalue weighted by Gasteiger charge is -2.05. The standard InChI is InChI=1S/C33H64O2/c1-3-5-7-9-10-11-12-13-14-15-16-17-18-19-20-21-22-23-24-25-26-27-29-31-33(34)35-32-30-28-8-6-4-2/h8,28H,3-7,9-27,29-32H2,1-2H3/b28-8+. The first-order valence-corrected chi connectivity index (χ1v) is 16.1. The third-order valence-corrected chi connectivity index (χ3v) is 7.15. The van der Waals surface area contributed by atoms with E-state index in [2.05, 4.69) is 26.0 Å². The number of carbonyl (C=O) groups excluding carboxylic acids is 1. The van der Waals surface area contributed by atoms with E-state index in [4.69, 9.17) is 4.74 Å². The summed E-state index contributed by atoms with van der Waals surface area (Å²) in [5.41, 5.74) is 0. The van der Waals surface area contributed by atoms with Crippen LogP contribution in [-0.2, 0) is 9.53 Å². The molecule has 0 rings (SSSR count). The first kappa shape index (κ1) is 34.2. The van der Waals surface area contributed by atoms with Gasteiger partial charge in [0.15, 0.2) is 0 Å². The van der Waals surface area contributed by atoms with Crippen LogP contribution in [0.15, 0.2) is 12.2 Å². The molecule has 0 aliphatic heterocycles. The third kappa shape index (κ3) is 31.2. The molecular formula is C33H64O2. The number of carbonyl (C=O) groups is 1. The monoisotopic (exact) mass is 492 g/mol. The molecular weight excluding hydrogens is 428 g/mol. The number of esters is 1. The van der Waals surface area contributed by atoms with Gasteiger partial charge in [-0.3, -0.25) is 4.79 Å². The minimum Gasteiger partial charge on any atom is -0.465 e. The second-order valence-electron chi connectivity index (χ2n) is 10.8. The largest absolute Gasteiger partial charge is 0.465 e. The molecule has 0 N–H and O–H groups in total. The summed E-state index contributed by atoms with van der Waals surface area (Å²) in [4.78, 5) is 11.7. The number of allylic oxidation sites excluding steroid dienone is 1. The lowest BCUT2D eigenvalue weighted by atomic mass is 10.0. The molecule has 208 valence electrons. The van der Waals surface area contributed by atoms with Gasteiger partial charge in [-0.15, -0.1) is 0 Å². The SMILES string of the molecule is CCC/C=C/CCOC(=O)CCCCCCCCCCCCCCCCCCCCCCCCC.